The fourth-order valence-corrected chi connectivity index (χ4v) is 6.66. The predicted molar refractivity (Wildman–Crippen MR) is 195 cm³/mol. The van der Waals surface area contributed by atoms with Gasteiger partial charge in [-0.2, -0.15) is 37.7 Å². The summed E-state index contributed by atoms with van der Waals surface area (Å²) in [6.45, 7) is 3.57. The number of aromatic hydroxyl groups is 1. The van der Waals surface area contributed by atoms with E-state index in [4.69, 9.17) is 11.5 Å². The molecule has 300 valence electrons. The largest absolute Gasteiger partial charge is 0.506 e. The van der Waals surface area contributed by atoms with Gasteiger partial charge < -0.3 is 34.8 Å². The molecule has 0 saturated heterocycles. The number of hydrogen-bond donors (Lipinski definition) is 3. The molecule has 0 aliphatic heterocycles. The van der Waals surface area contributed by atoms with Crippen LogP contribution in [0.15, 0.2) is 52.4 Å². The topological polar surface area (TPSA) is 221 Å². The Balaban J connectivity index is 1.53. The van der Waals surface area contributed by atoms with E-state index in [1.165, 1.54) is 58.4 Å². The van der Waals surface area contributed by atoms with Crippen molar-refractivity contribution in [3.8, 4) is 5.75 Å². The van der Waals surface area contributed by atoms with Gasteiger partial charge in [0.15, 0.2) is 0 Å². The molecule has 6 aromatic rings. The van der Waals surface area contributed by atoms with Gasteiger partial charge in [-0.3, -0.25) is 28.5 Å². The third kappa shape index (κ3) is 6.99. The van der Waals surface area contributed by atoms with Crippen molar-refractivity contribution in [2.24, 2.45) is 35.5 Å². The maximum Gasteiger partial charge on any atom is 0.329 e. The van der Waals surface area contributed by atoms with E-state index < -0.39 is 71.1 Å². The van der Waals surface area contributed by atoms with Crippen LogP contribution in [0, 0.1) is 13.8 Å². The third-order valence-corrected chi connectivity index (χ3v) is 9.47. The number of aromatic nitrogens is 8. The van der Waals surface area contributed by atoms with Crippen LogP contribution in [-0.2, 0) is 40.3 Å². The molecular formula is C36H38F4N12O5. The Morgan fingerprint density at radius 1 is 0.684 bits per heavy atom. The van der Waals surface area contributed by atoms with E-state index in [-0.39, 0.29) is 52.2 Å². The zero-order valence-corrected chi connectivity index (χ0v) is 31.6. The van der Waals surface area contributed by atoms with Gasteiger partial charge in [0.05, 0.1) is 41.0 Å². The van der Waals surface area contributed by atoms with Gasteiger partial charge in [0, 0.05) is 38.3 Å². The lowest BCUT2D eigenvalue weighted by atomic mass is 10.1. The molecular weight excluding hydrogens is 756 g/mol. The van der Waals surface area contributed by atoms with Crippen molar-refractivity contribution in [1.82, 2.24) is 37.8 Å². The molecule has 6 rings (SSSR count). The van der Waals surface area contributed by atoms with Gasteiger partial charge in [-0.25, -0.2) is 0 Å². The zero-order chi connectivity index (χ0) is 41.9. The fraction of sp³-hybridized carbons (Fsp3) is 0.333. The highest BCUT2D eigenvalue weighted by Gasteiger charge is 2.57. The second-order valence-corrected chi connectivity index (χ2v) is 13.4. The SMILES string of the molecule is CCn1nc(C)cc1C(=O)/N=c1\n(C)c2cc(C(N)=O)ccc2n1CC(F)(F)C(F)(F)Cn1/c(=N/C(=O)c2cc(C)nn2CC)n(C)c2cc(C(N)=O)cc(O)c21. The molecule has 4 amide bonds. The molecule has 0 radical (unpaired) electrons. The van der Waals surface area contributed by atoms with E-state index in [0.29, 0.717) is 16.0 Å². The van der Waals surface area contributed by atoms with Crippen molar-refractivity contribution in [3.63, 3.8) is 0 Å². The van der Waals surface area contributed by atoms with Crippen LogP contribution < -0.4 is 22.7 Å². The van der Waals surface area contributed by atoms with E-state index in [1.54, 1.807) is 27.7 Å². The second-order valence-electron chi connectivity index (χ2n) is 13.4. The minimum Gasteiger partial charge on any atom is -0.506 e. The number of halogens is 4. The molecule has 0 fully saturated rings. The molecule has 0 atom stereocenters. The summed E-state index contributed by atoms with van der Waals surface area (Å²) in [6.07, 6.45) is 0. The molecule has 0 spiro atoms. The highest BCUT2D eigenvalue weighted by molar-refractivity contribution is 5.99. The molecule has 5 N–H and O–H groups in total. The number of hydrogen-bond acceptors (Lipinski definition) is 7. The number of nitrogens with zero attached hydrogens (tertiary/aromatic N) is 10. The quantitative estimate of drug-likeness (QED) is 0.166. The Bertz CT molecular complexity index is 2800. The molecule has 2 aromatic carbocycles. The highest BCUT2D eigenvalue weighted by atomic mass is 19.3. The molecule has 4 heterocycles. The molecule has 0 aliphatic carbocycles. The first kappa shape index (κ1) is 39.9. The average molecular weight is 795 g/mol. The maximum absolute atomic E-state index is 16.5. The Labute approximate surface area is 319 Å². The number of amides is 4. The molecule has 17 nitrogen and oxygen atoms in total. The summed E-state index contributed by atoms with van der Waals surface area (Å²) >= 11 is 0. The van der Waals surface area contributed by atoms with Crippen LogP contribution in [0.2, 0.25) is 0 Å². The smallest absolute Gasteiger partial charge is 0.329 e. The number of carbonyl (C=O) groups excluding carboxylic acids is 4. The third-order valence-electron chi connectivity index (χ3n) is 9.47. The molecule has 0 unspecified atom stereocenters. The minimum atomic E-state index is -4.99. The predicted octanol–water partition coefficient (Wildman–Crippen LogP) is 2.68. The number of aryl methyl sites for hydroxylation is 6. The van der Waals surface area contributed by atoms with E-state index in [0.717, 1.165) is 21.3 Å². The number of fused-ring (bicyclic) bond motifs is 2. The summed E-state index contributed by atoms with van der Waals surface area (Å²) in [5, 5.41) is 19.4. The summed E-state index contributed by atoms with van der Waals surface area (Å²) in [5.41, 5.74) is 9.84. The number of phenols is 1. The highest BCUT2D eigenvalue weighted by Crippen LogP contribution is 2.39. The second kappa shape index (κ2) is 14.4. The van der Waals surface area contributed by atoms with Crippen LogP contribution in [0.1, 0.15) is 66.9 Å². The van der Waals surface area contributed by atoms with Gasteiger partial charge in [-0.05, 0) is 70.2 Å². The number of imidazole rings is 2. The summed E-state index contributed by atoms with van der Waals surface area (Å²) in [4.78, 5) is 59.2. The number of carbonyl (C=O) groups is 4. The lowest BCUT2D eigenvalue weighted by molar-refractivity contribution is -0.221. The van der Waals surface area contributed by atoms with Crippen molar-refractivity contribution < 1.29 is 41.8 Å². The Morgan fingerprint density at radius 2 is 1.14 bits per heavy atom. The summed E-state index contributed by atoms with van der Waals surface area (Å²) in [6, 6.07) is 8.53. The first-order valence-electron chi connectivity index (χ1n) is 17.4. The zero-order valence-electron chi connectivity index (χ0n) is 31.6. The van der Waals surface area contributed by atoms with Crippen LogP contribution in [0.5, 0.6) is 5.75 Å². The summed E-state index contributed by atoms with van der Waals surface area (Å²) < 4.78 is 72.1. The van der Waals surface area contributed by atoms with Crippen LogP contribution in [-0.4, -0.2) is 78.4 Å². The van der Waals surface area contributed by atoms with Crippen molar-refractivity contribution in [2.75, 3.05) is 0 Å². The normalized spacial score (nSPS) is 13.0. The van der Waals surface area contributed by atoms with E-state index in [1.807, 2.05) is 0 Å². The molecule has 57 heavy (non-hydrogen) atoms. The number of benzene rings is 2. The fourth-order valence-electron chi connectivity index (χ4n) is 6.66. The molecule has 0 bridgehead atoms. The van der Waals surface area contributed by atoms with Crippen molar-refractivity contribution in [1.29, 1.82) is 0 Å². The number of rotatable bonds is 11. The van der Waals surface area contributed by atoms with Gasteiger partial charge in [0.2, 0.25) is 23.1 Å². The first-order chi connectivity index (χ1) is 26.7. The van der Waals surface area contributed by atoms with E-state index in [2.05, 4.69) is 20.2 Å². The number of phenolic OH excluding ortho intramolecular Hbond substituents is 1. The monoisotopic (exact) mass is 794 g/mol. The summed E-state index contributed by atoms with van der Waals surface area (Å²) in [7, 11) is 2.62. The maximum atomic E-state index is 16.5. The lowest BCUT2D eigenvalue weighted by Crippen LogP contribution is -2.49. The average Bonchev–Trinajstić information content (AvgIpc) is 3.86. The van der Waals surface area contributed by atoms with Crippen LogP contribution in [0.25, 0.3) is 22.1 Å². The van der Waals surface area contributed by atoms with Crippen molar-refractivity contribution >= 4 is 45.7 Å². The molecule has 21 heteroatoms. The number of nitrogens with two attached hydrogens (primary N) is 2. The minimum absolute atomic E-state index is 0.0105. The van der Waals surface area contributed by atoms with Crippen LogP contribution in [0.4, 0.5) is 17.6 Å². The van der Waals surface area contributed by atoms with Gasteiger partial charge in [0.1, 0.15) is 22.7 Å². The number of primary amides is 2. The van der Waals surface area contributed by atoms with Gasteiger partial charge in [-0.1, -0.05) is 0 Å². The lowest BCUT2D eigenvalue weighted by Gasteiger charge is -2.27. The van der Waals surface area contributed by atoms with E-state index in [9.17, 15) is 24.3 Å². The first-order valence-corrected chi connectivity index (χ1v) is 17.4. The van der Waals surface area contributed by atoms with Crippen LogP contribution >= 0.6 is 0 Å². The molecule has 0 aliphatic rings. The van der Waals surface area contributed by atoms with Gasteiger partial charge in [-0.15, -0.1) is 0 Å². The van der Waals surface area contributed by atoms with Crippen molar-refractivity contribution in [3.05, 3.63) is 87.6 Å². The molecule has 4 aromatic heterocycles. The van der Waals surface area contributed by atoms with Crippen molar-refractivity contribution in [2.45, 2.75) is 65.7 Å². The van der Waals surface area contributed by atoms with Gasteiger partial charge >= 0.3 is 11.8 Å². The van der Waals surface area contributed by atoms with Gasteiger partial charge in [0.25, 0.3) is 11.8 Å². The molecule has 0 saturated carbocycles. The Morgan fingerprint density at radius 3 is 1.63 bits per heavy atom. The number of alkyl halides is 4. The van der Waals surface area contributed by atoms with E-state index >= 15 is 17.6 Å². The standard InChI is InChI=1S/C36H38F4N12O5/c1-7-51-25(11-18(3)45-51)31(56)43-33-47(5)23-13-20(29(41)54)9-10-22(23)49(33)16-35(37,38)36(39,40)17-50-28-24(14-21(30(42)55)15-27(28)53)48(6)34(50)44-32(57)26-12-19(4)46-52(26)8-2/h9-15,53H,7-8,16-17H2,1-6H3,(H2,41,54)(H2,42,55)/b43-33+,44-34+. The Hall–Kier alpha value is -6.80. The summed E-state index contributed by atoms with van der Waals surface area (Å²) in [5.74, 6) is -14.4. The Kier molecular flexibility index (Phi) is 10.1. The van der Waals surface area contributed by atoms with Crippen LogP contribution in [0.3, 0.4) is 0 Å².